The van der Waals surface area contributed by atoms with Crippen molar-refractivity contribution in [3.63, 3.8) is 0 Å². The Bertz CT molecular complexity index is 1750. The van der Waals surface area contributed by atoms with E-state index in [1.807, 2.05) is 29.6 Å². The van der Waals surface area contributed by atoms with E-state index in [0.717, 1.165) is 21.1 Å². The summed E-state index contributed by atoms with van der Waals surface area (Å²) in [5.74, 6) is 1.57. The Hall–Kier alpha value is -5.12. The first-order valence-corrected chi connectivity index (χ1v) is 13.8. The van der Waals surface area contributed by atoms with Crippen LogP contribution in [0.25, 0.3) is 21.1 Å². The second-order valence-corrected chi connectivity index (χ2v) is 10.4. The molecule has 4 N–H and O–H groups in total. The maximum absolute atomic E-state index is 12.7. The Balaban J connectivity index is 1.35. The van der Waals surface area contributed by atoms with E-state index in [2.05, 4.69) is 15.6 Å². The lowest BCUT2D eigenvalue weighted by molar-refractivity contribution is 0.102. The largest absolute Gasteiger partial charge is 0.493 e. The number of methoxy groups -OCH3 is 3. The summed E-state index contributed by atoms with van der Waals surface area (Å²) in [5, 5.41) is 18.5. The number of thiazole rings is 2. The quantitative estimate of drug-likeness (QED) is 0.179. The average Bonchev–Trinajstić information content (AvgIpc) is 3.63. The maximum Gasteiger partial charge on any atom is 0.255 e. The molecule has 0 radical (unpaired) electrons. The Morgan fingerprint density at radius 1 is 0.951 bits per heavy atom. The number of hydrogen-bond donors (Lipinski definition) is 3. The van der Waals surface area contributed by atoms with E-state index in [1.165, 1.54) is 22.7 Å². The Morgan fingerprint density at radius 3 is 2.41 bits per heavy atom. The van der Waals surface area contributed by atoms with Crippen LogP contribution in [0.3, 0.4) is 0 Å². The second kappa shape index (κ2) is 12.0. The zero-order valence-electron chi connectivity index (χ0n) is 22.2. The molecule has 0 bridgehead atoms. The van der Waals surface area contributed by atoms with Crippen LogP contribution in [0.15, 0.2) is 66.0 Å². The van der Waals surface area contributed by atoms with Crippen LogP contribution in [0.1, 0.15) is 15.9 Å². The molecule has 0 aliphatic rings. The third-order valence-electron chi connectivity index (χ3n) is 5.94. The molecule has 0 spiro atoms. The van der Waals surface area contributed by atoms with Crippen LogP contribution in [0.5, 0.6) is 17.2 Å². The fourth-order valence-electron chi connectivity index (χ4n) is 4.02. The highest BCUT2D eigenvalue weighted by Gasteiger charge is 2.18. The first-order chi connectivity index (χ1) is 19.9. The minimum Gasteiger partial charge on any atom is -0.493 e. The monoisotopic (exact) mass is 584 g/mol. The number of nitrogens with zero attached hydrogens (tertiary/aromatic N) is 3. The van der Waals surface area contributed by atoms with Crippen LogP contribution in [0.4, 0.5) is 22.3 Å². The predicted molar refractivity (Wildman–Crippen MR) is 162 cm³/mol. The van der Waals surface area contributed by atoms with Gasteiger partial charge in [0.25, 0.3) is 5.91 Å². The summed E-state index contributed by atoms with van der Waals surface area (Å²) in [6.45, 7) is 0. The number of carbonyl (C=O) groups is 1. The van der Waals surface area contributed by atoms with E-state index in [0.29, 0.717) is 50.7 Å². The molecule has 3 aromatic carbocycles. The lowest BCUT2D eigenvalue weighted by atomic mass is 10.1. The average molecular weight is 585 g/mol. The van der Waals surface area contributed by atoms with Crippen LogP contribution in [-0.2, 0) is 0 Å². The highest BCUT2D eigenvalue weighted by atomic mass is 32.1. The topological polar surface area (TPSA) is 144 Å². The fraction of sp³-hybridized carbons (Fsp3) is 0.103. The molecule has 41 heavy (non-hydrogen) atoms. The number of nitrogens with one attached hydrogen (secondary N) is 2. The number of amides is 1. The van der Waals surface area contributed by atoms with E-state index < -0.39 is 0 Å². The van der Waals surface area contributed by atoms with Gasteiger partial charge in [0, 0.05) is 40.0 Å². The molecule has 0 saturated heterocycles. The number of aromatic nitrogens is 2. The van der Waals surface area contributed by atoms with Crippen LogP contribution in [0.2, 0.25) is 0 Å². The zero-order valence-corrected chi connectivity index (χ0v) is 23.9. The molecular formula is C29H24N6O4S2. The molecule has 10 nitrogen and oxygen atoms in total. The molecule has 2 heterocycles. The van der Waals surface area contributed by atoms with E-state index in [9.17, 15) is 4.79 Å². The molecule has 0 aliphatic carbocycles. The summed E-state index contributed by atoms with van der Waals surface area (Å²) < 4.78 is 16.3. The van der Waals surface area contributed by atoms with Gasteiger partial charge in [-0.15, -0.1) is 11.3 Å². The van der Waals surface area contributed by atoms with Gasteiger partial charge in [-0.25, -0.2) is 9.97 Å². The molecule has 0 unspecified atom stereocenters. The van der Waals surface area contributed by atoms with Gasteiger partial charge < -0.3 is 30.6 Å². The summed E-state index contributed by atoms with van der Waals surface area (Å²) in [5.41, 5.74) is 9.97. The lowest BCUT2D eigenvalue weighted by Crippen LogP contribution is -2.11. The Morgan fingerprint density at radius 2 is 1.71 bits per heavy atom. The van der Waals surface area contributed by atoms with Crippen molar-refractivity contribution in [2.75, 3.05) is 37.7 Å². The van der Waals surface area contributed by atoms with Crippen LogP contribution < -0.4 is 30.6 Å². The number of nitrogens with two attached hydrogens (primary N) is 1. The SMILES string of the molecule is COc1cc(Nc2nc(N)c(-c3nc(-c4cccc(NC(=O)c5cccc(C#N)c5)c4)cs3)s2)cc(OC)c1OC. The number of anilines is 4. The normalized spacial score (nSPS) is 10.5. The van der Waals surface area contributed by atoms with E-state index in [4.69, 9.17) is 30.2 Å². The summed E-state index contributed by atoms with van der Waals surface area (Å²) in [6, 6.07) is 19.6. The first-order valence-electron chi connectivity index (χ1n) is 12.1. The third-order valence-corrected chi connectivity index (χ3v) is 7.92. The number of rotatable bonds is 9. The van der Waals surface area contributed by atoms with Gasteiger partial charge in [0.15, 0.2) is 16.6 Å². The van der Waals surface area contributed by atoms with Gasteiger partial charge in [0.05, 0.1) is 38.7 Å². The molecule has 12 heteroatoms. The van der Waals surface area contributed by atoms with E-state index in [1.54, 1.807) is 63.8 Å². The van der Waals surface area contributed by atoms with Crippen LogP contribution in [-0.4, -0.2) is 37.2 Å². The number of carbonyl (C=O) groups excluding carboxylic acids is 1. The number of hydrogen-bond acceptors (Lipinski definition) is 11. The van der Waals surface area contributed by atoms with Crippen molar-refractivity contribution in [3.8, 4) is 44.5 Å². The van der Waals surface area contributed by atoms with Gasteiger partial charge in [0.1, 0.15) is 15.7 Å². The molecule has 0 aliphatic heterocycles. The van der Waals surface area contributed by atoms with Crippen molar-refractivity contribution in [2.45, 2.75) is 0 Å². The van der Waals surface area contributed by atoms with Gasteiger partial charge in [-0.1, -0.05) is 29.5 Å². The van der Waals surface area contributed by atoms with Crippen molar-refractivity contribution >= 4 is 50.9 Å². The number of ether oxygens (including phenoxy) is 3. The van der Waals surface area contributed by atoms with Crippen molar-refractivity contribution < 1.29 is 19.0 Å². The van der Waals surface area contributed by atoms with Crippen LogP contribution >= 0.6 is 22.7 Å². The van der Waals surface area contributed by atoms with E-state index >= 15 is 0 Å². The number of nitriles is 1. The maximum atomic E-state index is 12.7. The first kappa shape index (κ1) is 27.4. The molecule has 2 aromatic heterocycles. The molecule has 5 aromatic rings. The minimum absolute atomic E-state index is 0.303. The van der Waals surface area contributed by atoms with Crippen molar-refractivity contribution in [3.05, 3.63) is 77.2 Å². The predicted octanol–water partition coefficient (Wildman–Crippen LogP) is 6.41. The van der Waals surface area contributed by atoms with Gasteiger partial charge in [-0.3, -0.25) is 4.79 Å². The summed E-state index contributed by atoms with van der Waals surface area (Å²) >= 11 is 2.82. The number of benzene rings is 3. The second-order valence-electron chi connectivity index (χ2n) is 8.54. The molecule has 0 fully saturated rings. The summed E-state index contributed by atoms with van der Waals surface area (Å²) in [6.07, 6.45) is 0. The molecule has 206 valence electrons. The molecular weight excluding hydrogens is 560 g/mol. The third kappa shape index (κ3) is 5.91. The molecule has 1 amide bonds. The minimum atomic E-state index is -0.303. The van der Waals surface area contributed by atoms with Crippen molar-refractivity contribution in [2.24, 2.45) is 0 Å². The molecule has 0 saturated carbocycles. The van der Waals surface area contributed by atoms with Gasteiger partial charge in [-0.2, -0.15) is 5.26 Å². The smallest absolute Gasteiger partial charge is 0.255 e. The molecule has 0 atom stereocenters. The highest BCUT2D eigenvalue weighted by molar-refractivity contribution is 7.23. The van der Waals surface area contributed by atoms with Gasteiger partial charge in [-0.05, 0) is 30.3 Å². The lowest BCUT2D eigenvalue weighted by Gasteiger charge is -2.14. The van der Waals surface area contributed by atoms with Gasteiger partial charge >= 0.3 is 0 Å². The Kier molecular flexibility index (Phi) is 8.00. The van der Waals surface area contributed by atoms with E-state index in [-0.39, 0.29) is 5.91 Å². The van der Waals surface area contributed by atoms with Gasteiger partial charge in [0.2, 0.25) is 5.75 Å². The molecule has 5 rings (SSSR count). The summed E-state index contributed by atoms with van der Waals surface area (Å²) in [7, 11) is 4.66. The van der Waals surface area contributed by atoms with Crippen molar-refractivity contribution in [1.82, 2.24) is 9.97 Å². The summed E-state index contributed by atoms with van der Waals surface area (Å²) in [4.78, 5) is 22.7. The Labute approximate surface area is 244 Å². The standard InChI is InChI=1S/C29H24N6O4S2/c1-37-22-12-20(13-23(38-2)24(22)39-3)33-29-35-26(31)25(41-29)28-34-21(15-40-28)17-7-5-9-19(11-17)32-27(36)18-8-4-6-16(10-18)14-30/h4-13,15H,31H2,1-3H3,(H,32,36)(H,33,35). The van der Waals surface area contributed by atoms with Crippen LogP contribution in [0, 0.1) is 11.3 Å². The zero-order chi connectivity index (χ0) is 28.9. The number of nitrogen functional groups attached to an aromatic ring is 1. The highest BCUT2D eigenvalue weighted by Crippen LogP contribution is 2.43. The van der Waals surface area contributed by atoms with Crippen molar-refractivity contribution in [1.29, 1.82) is 5.26 Å². The fourth-order valence-corrected chi connectivity index (χ4v) is 5.85.